The van der Waals surface area contributed by atoms with E-state index in [1.807, 2.05) is 0 Å². The molecule has 28 nitrogen and oxygen atoms in total. The van der Waals surface area contributed by atoms with E-state index in [-0.39, 0.29) is 0 Å². The zero-order valence-electron chi connectivity index (χ0n) is 33.1. The van der Waals surface area contributed by atoms with E-state index < -0.39 is 168 Å². The number of carbonyl (C=O) groups excluding carboxylic acids is 8. The second-order valence-electron chi connectivity index (χ2n) is 12.9. The predicted octanol–water partition coefficient (Wildman–Crippen LogP) is -3.42. The maximum absolute atomic E-state index is 12.5. The molecule has 0 spiro atoms. The Labute approximate surface area is 348 Å². The Balaban J connectivity index is 1.97. The van der Waals surface area contributed by atoms with Crippen LogP contribution in [0, 0.1) is 0 Å². The fourth-order valence-electron chi connectivity index (χ4n) is 5.57. The molecule has 336 valence electrons. The number of esters is 8. The topological polar surface area (TPSA) is 321 Å². The summed E-state index contributed by atoms with van der Waals surface area (Å²) in [5.74, 6) is -7.66. The second-order valence-corrected chi connectivity index (χ2v) is 36.0. The SMILES string of the molecule is CC(=O)OC[Si]12O[Si]3(COC(C)=O)O[Si]4(COC(C)=O)O[Si](COC(C)=O)(O1)O[Si]1(COC(C)=O)O[Si](COC(C)=O)(O2)O[Si](COC(C)=O)(O3)O[Si](COC(C)=O)(O4)O1. The first-order valence-corrected chi connectivity index (χ1v) is 32.8. The van der Waals surface area contributed by atoms with Crippen molar-refractivity contribution in [1.82, 2.24) is 0 Å². The van der Waals surface area contributed by atoms with E-state index in [4.69, 9.17) is 87.3 Å². The molecular weight excluding hydrogens is 961 g/mol. The Hall–Kier alpha value is -2.98. The normalized spacial score (nSPS) is 36.1. The first kappa shape index (κ1) is 48.1. The maximum atomic E-state index is 12.5. The van der Waals surface area contributed by atoms with Crippen molar-refractivity contribution in [3.8, 4) is 0 Å². The molecule has 0 saturated carbocycles. The molecule has 6 aliphatic rings. The first-order chi connectivity index (χ1) is 27.8. The fourth-order valence-corrected chi connectivity index (χ4v) is 50.0. The molecular formula is C24H40O28Si8. The smallest absolute Gasteiger partial charge is 0.461 e. The lowest BCUT2D eigenvalue weighted by Gasteiger charge is -2.61. The van der Waals surface area contributed by atoms with Crippen LogP contribution in [0.1, 0.15) is 55.4 Å². The molecule has 6 heterocycles. The summed E-state index contributed by atoms with van der Waals surface area (Å²) < 4.78 is 123. The summed E-state index contributed by atoms with van der Waals surface area (Å²) in [7, 11) is -42.4. The first-order valence-electron chi connectivity index (χ1n) is 17.3. The summed E-state index contributed by atoms with van der Waals surface area (Å²) in [6, 6.07) is 0. The van der Waals surface area contributed by atoms with Crippen LogP contribution in [0.15, 0.2) is 0 Å². The van der Waals surface area contributed by atoms with Crippen LogP contribution in [-0.2, 0) is 126 Å². The molecule has 0 aromatic rings. The van der Waals surface area contributed by atoms with Gasteiger partial charge in [0.05, 0.1) is 0 Å². The van der Waals surface area contributed by atoms with Crippen molar-refractivity contribution >= 4 is 118 Å². The van der Waals surface area contributed by atoms with Gasteiger partial charge in [-0.2, -0.15) is 0 Å². The third-order valence-corrected chi connectivity index (χ3v) is 41.2. The predicted molar refractivity (Wildman–Crippen MR) is 192 cm³/mol. The third kappa shape index (κ3) is 11.7. The molecule has 0 N–H and O–H groups in total. The van der Waals surface area contributed by atoms with Crippen LogP contribution < -0.4 is 0 Å². The average Bonchev–Trinajstić information content (AvgIpc) is 3.08. The van der Waals surface area contributed by atoms with E-state index in [2.05, 4.69) is 0 Å². The number of ether oxygens (including phenoxy) is 8. The summed E-state index contributed by atoms with van der Waals surface area (Å²) in [5.41, 5.74) is 0. The summed E-state index contributed by atoms with van der Waals surface area (Å²) in [4.78, 5) is 100. The largest absolute Gasteiger partial charge is 0.518 e. The van der Waals surface area contributed by atoms with Crippen molar-refractivity contribution in [2.75, 3.05) is 49.8 Å². The molecule has 0 amide bonds. The van der Waals surface area contributed by atoms with E-state index in [0.29, 0.717) is 0 Å². The molecule has 0 unspecified atom stereocenters. The summed E-state index contributed by atoms with van der Waals surface area (Å²) >= 11 is 0. The molecule has 0 atom stereocenters. The molecule has 0 aromatic carbocycles. The van der Waals surface area contributed by atoms with Gasteiger partial charge in [0, 0.05) is 55.4 Å². The Kier molecular flexibility index (Phi) is 14.4. The van der Waals surface area contributed by atoms with Crippen molar-refractivity contribution in [1.29, 1.82) is 0 Å². The van der Waals surface area contributed by atoms with Crippen molar-refractivity contribution < 1.29 is 126 Å². The summed E-state index contributed by atoms with van der Waals surface area (Å²) in [6.45, 7) is 7.98. The van der Waals surface area contributed by atoms with Crippen LogP contribution in [0.5, 0.6) is 0 Å². The Morgan fingerprint density at radius 1 is 0.233 bits per heavy atom. The lowest BCUT2D eigenvalue weighted by atomic mass is 10.8. The minimum atomic E-state index is -5.29. The Bertz CT molecular complexity index is 1320. The molecule has 0 aromatic heterocycles. The van der Waals surface area contributed by atoms with Crippen LogP contribution in [0.3, 0.4) is 0 Å². The molecule has 8 bridgehead atoms. The van der Waals surface area contributed by atoms with Crippen LogP contribution >= 0.6 is 0 Å². The lowest BCUT2D eigenvalue weighted by Crippen LogP contribution is -2.92. The zero-order valence-corrected chi connectivity index (χ0v) is 41.1. The molecule has 60 heavy (non-hydrogen) atoms. The van der Waals surface area contributed by atoms with Gasteiger partial charge in [-0.25, -0.2) is 0 Å². The van der Waals surface area contributed by atoms with Gasteiger partial charge in [-0.05, 0) is 0 Å². The van der Waals surface area contributed by atoms with Gasteiger partial charge in [0.25, 0.3) is 0 Å². The molecule has 0 aliphatic carbocycles. The van der Waals surface area contributed by atoms with Crippen LogP contribution in [0.4, 0.5) is 0 Å². The minimum Gasteiger partial charge on any atom is -0.461 e. The van der Waals surface area contributed by atoms with E-state index in [0.717, 1.165) is 55.4 Å². The highest BCUT2D eigenvalue weighted by Crippen LogP contribution is 2.49. The van der Waals surface area contributed by atoms with Crippen molar-refractivity contribution in [3.05, 3.63) is 0 Å². The number of hydrogen-bond acceptors (Lipinski definition) is 28. The van der Waals surface area contributed by atoms with Gasteiger partial charge >= 0.3 is 118 Å². The van der Waals surface area contributed by atoms with Gasteiger partial charge in [-0.1, -0.05) is 0 Å². The highest BCUT2D eigenvalue weighted by Gasteiger charge is 2.86. The van der Waals surface area contributed by atoms with Crippen molar-refractivity contribution in [2.45, 2.75) is 55.4 Å². The highest BCUT2D eigenvalue weighted by molar-refractivity contribution is 7.03. The van der Waals surface area contributed by atoms with Gasteiger partial charge in [0.1, 0.15) is 0 Å². The molecule has 6 rings (SSSR count). The van der Waals surface area contributed by atoms with E-state index >= 15 is 0 Å². The quantitative estimate of drug-likeness (QED) is 0.0826. The van der Waals surface area contributed by atoms with Gasteiger partial charge in [0.15, 0.2) is 49.8 Å². The van der Waals surface area contributed by atoms with Crippen LogP contribution in [-0.4, -0.2) is 168 Å². The lowest BCUT2D eigenvalue weighted by molar-refractivity contribution is -0.144. The molecule has 0 radical (unpaired) electrons. The van der Waals surface area contributed by atoms with Gasteiger partial charge in [-0.15, -0.1) is 0 Å². The van der Waals surface area contributed by atoms with Crippen molar-refractivity contribution in [3.63, 3.8) is 0 Å². The molecule has 6 saturated heterocycles. The monoisotopic (exact) mass is 1000 g/mol. The Morgan fingerprint density at radius 2 is 0.317 bits per heavy atom. The van der Waals surface area contributed by atoms with Crippen LogP contribution in [0.2, 0.25) is 0 Å². The van der Waals surface area contributed by atoms with E-state index in [1.165, 1.54) is 0 Å². The minimum absolute atomic E-state index is 0.958. The number of hydrogen-bond donors (Lipinski definition) is 0. The van der Waals surface area contributed by atoms with Crippen molar-refractivity contribution in [2.24, 2.45) is 0 Å². The highest BCUT2D eigenvalue weighted by atomic mass is 28.6. The summed E-state index contributed by atoms with van der Waals surface area (Å²) in [5, 5.41) is 0. The molecule has 6 aliphatic heterocycles. The standard InChI is InChI=1S/C24H40O28Si8/c1-17(25)33-9-53-41-54(10-34-18(2)26)44-57(13-37-21(5)29)46-55(42-53,11-35-19(3)27)48-59(15-39-23(7)31)49-56(43-53,12-36-20(4)28)47-58(45-54,14-38-22(6)30)51-60(50-57,52-59)16-40-24(8)32/h9-16H2,1-8H3. The number of carbonyl (C=O) groups is 8. The second kappa shape index (κ2) is 18.0. The average molecular weight is 1000 g/mol. The molecule has 6 fully saturated rings. The maximum Gasteiger partial charge on any atom is 0.518 e. The number of rotatable bonds is 16. The van der Waals surface area contributed by atoms with Gasteiger partial charge in [0.2, 0.25) is 0 Å². The third-order valence-electron chi connectivity index (χ3n) is 7.35. The zero-order chi connectivity index (χ0) is 44.4. The van der Waals surface area contributed by atoms with Crippen LogP contribution in [0.25, 0.3) is 0 Å². The summed E-state index contributed by atoms with van der Waals surface area (Å²) in [6.07, 6.45) is -8.25. The molecule has 36 heteroatoms. The fraction of sp³-hybridized carbons (Fsp3) is 0.667. The van der Waals surface area contributed by atoms with E-state index in [1.54, 1.807) is 0 Å². The van der Waals surface area contributed by atoms with Gasteiger partial charge in [-0.3, -0.25) is 38.4 Å². The Morgan fingerprint density at radius 3 is 0.383 bits per heavy atom. The van der Waals surface area contributed by atoms with Gasteiger partial charge < -0.3 is 87.3 Å². The van der Waals surface area contributed by atoms with E-state index in [9.17, 15) is 38.4 Å².